The van der Waals surface area contributed by atoms with E-state index in [1.165, 1.54) is 11.1 Å². The van der Waals surface area contributed by atoms with Crippen molar-refractivity contribution in [1.82, 2.24) is 15.2 Å². The number of benzene rings is 2. The minimum atomic E-state index is 0. The van der Waals surface area contributed by atoms with Crippen LogP contribution in [0.4, 0.5) is 11.5 Å². The van der Waals surface area contributed by atoms with Crippen molar-refractivity contribution in [2.75, 3.05) is 5.32 Å². The molecule has 4 nitrogen and oxygen atoms in total. The highest BCUT2D eigenvalue weighted by Gasteiger charge is 2.14. The van der Waals surface area contributed by atoms with Gasteiger partial charge < -0.3 is 5.32 Å². The first kappa shape index (κ1) is 23.6. The maximum atomic E-state index is 4.52. The monoisotopic (exact) mass is 440 g/mol. The molecule has 1 N–H and O–H groups in total. The summed E-state index contributed by atoms with van der Waals surface area (Å²) in [5.74, 6) is 0.776. The smallest absolute Gasteiger partial charge is 0.160 e. The Hall–Kier alpha value is -2.69. The summed E-state index contributed by atoms with van der Waals surface area (Å²) in [4.78, 5) is 4.09. The van der Waals surface area contributed by atoms with Crippen LogP contribution in [-0.4, -0.2) is 15.2 Å². The predicted octanol–water partition coefficient (Wildman–Crippen LogP) is 6.50. The van der Waals surface area contributed by atoms with Gasteiger partial charge in [0.1, 0.15) is 0 Å². The summed E-state index contributed by atoms with van der Waals surface area (Å²) in [6.45, 7) is 6.65. The lowest BCUT2D eigenvalue weighted by Gasteiger charge is -2.19. The SMILES string of the molecule is CC(C)(C)c1ccc(Nc2nnc(Cc3ccncc3)c3ccccc23)cc1.Cl.Cl. The van der Waals surface area contributed by atoms with E-state index in [0.717, 1.165) is 34.4 Å². The lowest BCUT2D eigenvalue weighted by molar-refractivity contribution is 0.590. The second-order valence-electron chi connectivity index (χ2n) is 8.03. The highest BCUT2D eigenvalue weighted by atomic mass is 35.5. The molecule has 30 heavy (non-hydrogen) atoms. The van der Waals surface area contributed by atoms with E-state index >= 15 is 0 Å². The van der Waals surface area contributed by atoms with Gasteiger partial charge in [0.25, 0.3) is 0 Å². The lowest BCUT2D eigenvalue weighted by atomic mass is 9.87. The van der Waals surface area contributed by atoms with E-state index in [1.807, 2.05) is 36.7 Å². The molecule has 0 aliphatic heterocycles. The Bertz CT molecular complexity index is 1090. The summed E-state index contributed by atoms with van der Waals surface area (Å²) < 4.78 is 0. The molecule has 0 fully saturated rings. The van der Waals surface area contributed by atoms with Crippen LogP contribution in [0.1, 0.15) is 37.6 Å². The van der Waals surface area contributed by atoms with Crippen LogP contribution in [-0.2, 0) is 11.8 Å². The Labute approximate surface area is 190 Å². The van der Waals surface area contributed by atoms with Crippen LogP contribution in [0.2, 0.25) is 0 Å². The first-order valence-corrected chi connectivity index (χ1v) is 9.51. The molecule has 0 aliphatic carbocycles. The van der Waals surface area contributed by atoms with E-state index in [2.05, 4.69) is 77.7 Å². The van der Waals surface area contributed by atoms with Gasteiger partial charge in [-0.1, -0.05) is 57.2 Å². The van der Waals surface area contributed by atoms with Crippen molar-refractivity contribution < 1.29 is 0 Å². The quantitative estimate of drug-likeness (QED) is 0.393. The number of aromatic nitrogens is 3. The molecule has 0 amide bonds. The molecule has 156 valence electrons. The predicted molar refractivity (Wildman–Crippen MR) is 130 cm³/mol. The standard InChI is InChI=1S/C24H24N4.2ClH/c1-24(2,3)18-8-10-19(11-9-18)26-23-21-7-5-4-6-20(21)22(27-28-23)16-17-12-14-25-15-13-17;;/h4-15H,16H2,1-3H3,(H,26,28);2*1H. The van der Waals surface area contributed by atoms with E-state index in [1.54, 1.807) is 0 Å². The number of fused-ring (bicyclic) bond motifs is 1. The maximum Gasteiger partial charge on any atom is 0.160 e. The highest BCUT2D eigenvalue weighted by Crippen LogP contribution is 2.28. The summed E-state index contributed by atoms with van der Waals surface area (Å²) in [6, 6.07) is 20.8. The molecule has 4 aromatic rings. The summed E-state index contributed by atoms with van der Waals surface area (Å²) >= 11 is 0. The van der Waals surface area contributed by atoms with Gasteiger partial charge >= 0.3 is 0 Å². The van der Waals surface area contributed by atoms with Crippen molar-refractivity contribution in [1.29, 1.82) is 0 Å². The summed E-state index contributed by atoms with van der Waals surface area (Å²) in [5, 5.41) is 14.6. The fourth-order valence-corrected chi connectivity index (χ4v) is 3.27. The minimum absolute atomic E-state index is 0. The molecule has 0 aliphatic rings. The second-order valence-corrected chi connectivity index (χ2v) is 8.03. The van der Waals surface area contributed by atoms with E-state index in [-0.39, 0.29) is 30.2 Å². The van der Waals surface area contributed by atoms with Crippen LogP contribution in [0, 0.1) is 0 Å². The molecule has 0 atom stereocenters. The van der Waals surface area contributed by atoms with Crippen molar-refractivity contribution in [3.63, 3.8) is 0 Å². The van der Waals surface area contributed by atoms with Crippen molar-refractivity contribution in [3.05, 3.63) is 89.9 Å². The molecule has 0 bridgehead atoms. The van der Waals surface area contributed by atoms with E-state index in [9.17, 15) is 0 Å². The molecule has 4 rings (SSSR count). The van der Waals surface area contributed by atoms with E-state index in [0.29, 0.717) is 0 Å². The zero-order chi connectivity index (χ0) is 19.6. The van der Waals surface area contributed by atoms with Gasteiger partial charge in [0.2, 0.25) is 0 Å². The molecule has 0 spiro atoms. The minimum Gasteiger partial charge on any atom is -0.338 e. The van der Waals surface area contributed by atoms with Gasteiger partial charge in [0.05, 0.1) is 5.69 Å². The van der Waals surface area contributed by atoms with Crippen LogP contribution in [0.5, 0.6) is 0 Å². The number of nitrogens with zero attached hydrogens (tertiary/aromatic N) is 3. The molecule has 0 saturated carbocycles. The Morgan fingerprint density at radius 1 is 0.767 bits per heavy atom. The average molecular weight is 441 g/mol. The van der Waals surface area contributed by atoms with Gasteiger partial charge in [-0.05, 0) is 40.8 Å². The molecular weight excluding hydrogens is 415 g/mol. The number of anilines is 2. The summed E-state index contributed by atoms with van der Waals surface area (Å²) in [6.07, 6.45) is 4.35. The molecule has 2 aromatic carbocycles. The Kier molecular flexibility index (Phi) is 7.77. The third kappa shape index (κ3) is 5.26. The van der Waals surface area contributed by atoms with E-state index in [4.69, 9.17) is 0 Å². The molecule has 2 aromatic heterocycles. The van der Waals surface area contributed by atoms with Gasteiger partial charge in [-0.15, -0.1) is 29.9 Å². The third-order valence-electron chi connectivity index (χ3n) is 4.90. The van der Waals surface area contributed by atoms with Crippen LogP contribution in [0.25, 0.3) is 10.8 Å². The van der Waals surface area contributed by atoms with Gasteiger partial charge in [0.15, 0.2) is 5.82 Å². The van der Waals surface area contributed by atoms with Gasteiger partial charge in [0, 0.05) is 35.3 Å². The van der Waals surface area contributed by atoms with Crippen molar-refractivity contribution in [3.8, 4) is 0 Å². The first-order valence-electron chi connectivity index (χ1n) is 9.51. The zero-order valence-corrected chi connectivity index (χ0v) is 18.9. The fourth-order valence-electron chi connectivity index (χ4n) is 3.27. The van der Waals surface area contributed by atoms with Gasteiger partial charge in [-0.3, -0.25) is 4.98 Å². The van der Waals surface area contributed by atoms with Crippen LogP contribution in [0.3, 0.4) is 0 Å². The molecule has 0 radical (unpaired) electrons. The third-order valence-corrected chi connectivity index (χ3v) is 4.90. The fraction of sp³-hybridized carbons (Fsp3) is 0.208. The largest absolute Gasteiger partial charge is 0.338 e. The summed E-state index contributed by atoms with van der Waals surface area (Å²) in [5.41, 5.74) is 4.60. The number of hydrogen-bond acceptors (Lipinski definition) is 4. The zero-order valence-electron chi connectivity index (χ0n) is 17.3. The topological polar surface area (TPSA) is 50.7 Å². The Balaban J connectivity index is 0.00000160. The number of halogens is 2. The molecule has 0 saturated heterocycles. The average Bonchev–Trinajstić information content (AvgIpc) is 2.70. The molecule has 2 heterocycles. The number of rotatable bonds is 4. The van der Waals surface area contributed by atoms with E-state index < -0.39 is 0 Å². The lowest BCUT2D eigenvalue weighted by Crippen LogP contribution is -2.10. The van der Waals surface area contributed by atoms with Gasteiger partial charge in [-0.2, -0.15) is 5.10 Å². The molecular formula is C24H26Cl2N4. The Morgan fingerprint density at radius 2 is 1.40 bits per heavy atom. The van der Waals surface area contributed by atoms with Crippen molar-refractivity contribution in [2.45, 2.75) is 32.6 Å². The second kappa shape index (κ2) is 9.88. The van der Waals surface area contributed by atoms with Crippen LogP contribution < -0.4 is 5.32 Å². The van der Waals surface area contributed by atoms with Crippen LogP contribution >= 0.6 is 24.8 Å². The molecule has 0 unspecified atom stereocenters. The number of hydrogen-bond donors (Lipinski definition) is 1. The maximum absolute atomic E-state index is 4.52. The number of pyridine rings is 1. The first-order chi connectivity index (χ1) is 13.5. The summed E-state index contributed by atoms with van der Waals surface area (Å²) in [7, 11) is 0. The van der Waals surface area contributed by atoms with Crippen molar-refractivity contribution in [2.24, 2.45) is 0 Å². The highest BCUT2D eigenvalue weighted by molar-refractivity contribution is 5.94. The van der Waals surface area contributed by atoms with Crippen LogP contribution in [0.15, 0.2) is 73.1 Å². The van der Waals surface area contributed by atoms with Crippen molar-refractivity contribution >= 4 is 47.1 Å². The Morgan fingerprint density at radius 3 is 2.03 bits per heavy atom. The normalized spacial score (nSPS) is 10.8. The molecule has 6 heteroatoms. The van der Waals surface area contributed by atoms with Gasteiger partial charge in [-0.25, -0.2) is 0 Å². The number of nitrogens with one attached hydrogen (secondary N) is 1.